The minimum Gasteiger partial charge on any atom is -0.493 e. The number of rotatable bonds is 23. The zero-order valence-electron chi connectivity index (χ0n) is 50.5. The molecule has 0 radical (unpaired) electrons. The Hall–Kier alpha value is -11.0. The van der Waals surface area contributed by atoms with Crippen LogP contribution in [0.15, 0.2) is 158 Å². The summed E-state index contributed by atoms with van der Waals surface area (Å²) in [5.74, 6) is -7.08. The Labute approximate surface area is 553 Å². The number of hydrogen-bond donors (Lipinski definition) is 2. The zero-order chi connectivity index (χ0) is 69.9. The van der Waals surface area contributed by atoms with Gasteiger partial charge < -0.3 is 23.7 Å². The number of alkyl halides is 6. The van der Waals surface area contributed by atoms with Gasteiger partial charge in [-0.05, 0) is 176 Å². The van der Waals surface area contributed by atoms with Crippen LogP contribution in [-0.2, 0) is 24.9 Å². The Kier molecular flexibility index (Phi) is 17.7. The van der Waals surface area contributed by atoms with Crippen molar-refractivity contribution in [2.24, 2.45) is 0 Å². The van der Waals surface area contributed by atoms with E-state index in [0.717, 1.165) is 26.8 Å². The van der Waals surface area contributed by atoms with Crippen molar-refractivity contribution < 1.29 is 116 Å². The Morgan fingerprint density at radius 3 is 1.27 bits per heavy atom. The molecule has 23 nitrogen and oxygen atoms in total. The van der Waals surface area contributed by atoms with Crippen molar-refractivity contribution in [1.29, 1.82) is 0 Å². The number of halogens is 6. The Balaban J connectivity index is 0.725. The SMILES string of the molecule is Cc1ccc(C(c2ccc(N3C(=O)c4ccc(Oc5ccc6c(c5)C(=O)N(c5ccc(Oc7ccc(N8C(=O)c9ccc(Oc%10ccc%11c(c%10)C(=O)N(C)C%11=O)cc9C8=O)cc7)cc5)C6=O)cc4C3=O)c(OCCCSOOO)c2)(C(F)(F)F)C(F)(F)F)cc1OCCCS(=O)(=O)O. The highest BCUT2D eigenvalue weighted by Gasteiger charge is 2.73. The van der Waals surface area contributed by atoms with E-state index >= 15 is 26.3 Å². The molecule has 0 saturated carbocycles. The number of anilines is 3. The van der Waals surface area contributed by atoms with Crippen LogP contribution in [0.25, 0.3) is 0 Å². The molecule has 4 aliphatic heterocycles. The third kappa shape index (κ3) is 12.3. The maximum absolute atomic E-state index is 15.6. The summed E-state index contributed by atoms with van der Waals surface area (Å²) in [7, 11) is -3.12. The van der Waals surface area contributed by atoms with E-state index in [4.69, 9.17) is 33.5 Å². The number of hydrogen-bond acceptors (Lipinski definition) is 19. The first kappa shape index (κ1) is 67.0. The van der Waals surface area contributed by atoms with E-state index in [0.29, 0.717) is 47.3 Å². The number of benzene rings is 8. The highest BCUT2D eigenvalue weighted by atomic mass is 32.2. The summed E-state index contributed by atoms with van der Waals surface area (Å²) >= 11 is 0.548. The first-order chi connectivity index (χ1) is 46.6. The number of carbonyl (C=O) groups excluding carboxylic acids is 8. The van der Waals surface area contributed by atoms with Crippen molar-refractivity contribution in [1.82, 2.24) is 4.90 Å². The van der Waals surface area contributed by atoms with Gasteiger partial charge in [0.25, 0.3) is 57.4 Å². The number of ether oxygens (including phenoxy) is 5. The maximum Gasteiger partial charge on any atom is 0.411 e. The summed E-state index contributed by atoms with van der Waals surface area (Å²) in [4.78, 5) is 112. The molecule has 0 saturated heterocycles. The standard InChI is InChI=1S/C67H46F6N4O19S2/c1-35-5-6-36(29-55(35)90-26-4-28-98(87,88)89)65(66(68,69)70,67(71,72)73)37-7-24-54(56(30-37)91-25-3-27-97-96-95-86)77-61(82)49-23-19-45(34-53(49)64(77)85)94-44-18-22-48-52(33-44)63(84)76(60(48)81)39-10-14-41(15-11-39)92-40-12-8-38(9-13-40)75-59(80)47-21-17-43(32-51(47)62(75)83)93-42-16-20-46-50(31-42)58(79)74(2)57(46)78/h5-24,29-34,86H,3-4,25-28H2,1-2H3,(H,87,88,89). The van der Waals surface area contributed by atoms with Crippen LogP contribution in [-0.4, -0.2) is 115 Å². The average molecular weight is 1390 g/mol. The van der Waals surface area contributed by atoms with E-state index in [1.54, 1.807) is 0 Å². The molecular formula is C67H46F6N4O19S2. The van der Waals surface area contributed by atoms with Crippen LogP contribution < -0.4 is 38.4 Å². The first-order valence-electron chi connectivity index (χ1n) is 29.1. The number of imide groups is 4. The second kappa shape index (κ2) is 25.9. The monoisotopic (exact) mass is 1390 g/mol. The second-order valence-corrected chi connectivity index (χ2v) is 24.5. The molecular weight excluding hydrogens is 1340 g/mol. The molecule has 12 rings (SSSR count). The normalized spacial score (nSPS) is 14.6. The van der Waals surface area contributed by atoms with Crippen LogP contribution in [0.3, 0.4) is 0 Å². The fourth-order valence-corrected chi connectivity index (χ4v) is 12.3. The lowest BCUT2D eigenvalue weighted by Gasteiger charge is -2.39. The third-order valence-corrected chi connectivity index (χ3v) is 17.6. The Bertz CT molecular complexity index is 4790. The zero-order valence-corrected chi connectivity index (χ0v) is 52.1. The molecule has 0 unspecified atom stereocenters. The summed E-state index contributed by atoms with van der Waals surface area (Å²) in [6.45, 7) is 0.305. The molecule has 8 aromatic rings. The third-order valence-electron chi connectivity index (χ3n) is 16.1. The minimum atomic E-state index is -6.18. The predicted octanol–water partition coefficient (Wildman–Crippen LogP) is 12.9. The summed E-state index contributed by atoms with van der Waals surface area (Å²) in [5, 5.41) is 12.0. The van der Waals surface area contributed by atoms with Crippen LogP contribution in [0.5, 0.6) is 46.0 Å². The Morgan fingerprint density at radius 1 is 0.439 bits per heavy atom. The fraction of sp³-hybridized carbons (Fsp3) is 0.164. The molecule has 98 heavy (non-hydrogen) atoms. The van der Waals surface area contributed by atoms with Crippen molar-refractivity contribution in [3.63, 3.8) is 0 Å². The van der Waals surface area contributed by atoms with Gasteiger partial charge in [-0.2, -0.15) is 34.8 Å². The van der Waals surface area contributed by atoms with E-state index in [2.05, 4.69) is 9.37 Å². The van der Waals surface area contributed by atoms with E-state index < -0.39 is 122 Å². The summed E-state index contributed by atoms with van der Waals surface area (Å²) in [6, 6.07) is 31.6. The molecule has 0 atom stereocenters. The molecule has 4 aliphatic rings. The van der Waals surface area contributed by atoms with Gasteiger partial charge in [-0.25, -0.2) is 20.0 Å². The molecule has 31 heteroatoms. The van der Waals surface area contributed by atoms with Crippen LogP contribution in [0, 0.1) is 6.92 Å². The van der Waals surface area contributed by atoms with Gasteiger partial charge in [0.1, 0.15) is 46.0 Å². The van der Waals surface area contributed by atoms with Gasteiger partial charge in [-0.3, -0.25) is 47.8 Å². The Morgan fingerprint density at radius 2 is 0.806 bits per heavy atom. The van der Waals surface area contributed by atoms with Gasteiger partial charge in [0, 0.05) is 24.8 Å². The lowest BCUT2D eigenvalue weighted by atomic mass is 9.72. The number of fused-ring (bicyclic) bond motifs is 4. The number of nitrogens with zero attached hydrogens (tertiary/aromatic N) is 4. The van der Waals surface area contributed by atoms with E-state index in [1.165, 1.54) is 129 Å². The highest BCUT2D eigenvalue weighted by molar-refractivity contribution is 7.94. The van der Waals surface area contributed by atoms with Gasteiger partial charge in [0.15, 0.2) is 0 Å². The van der Waals surface area contributed by atoms with E-state index in [-0.39, 0.29) is 115 Å². The number of amides is 8. The molecule has 8 amide bonds. The van der Waals surface area contributed by atoms with E-state index in [1.807, 2.05) is 0 Å². The van der Waals surface area contributed by atoms with Crippen molar-refractivity contribution >= 4 is 86.5 Å². The van der Waals surface area contributed by atoms with Crippen molar-refractivity contribution in [3.05, 3.63) is 219 Å². The summed E-state index contributed by atoms with van der Waals surface area (Å²) < 4.78 is 159. The largest absolute Gasteiger partial charge is 0.493 e. The predicted molar refractivity (Wildman–Crippen MR) is 333 cm³/mol. The van der Waals surface area contributed by atoms with E-state index in [9.17, 15) is 46.8 Å². The average Bonchev–Trinajstić information content (AvgIpc) is 0.899. The lowest BCUT2D eigenvalue weighted by molar-refractivity contribution is -0.432. The molecule has 0 fully saturated rings. The quantitative estimate of drug-likeness (QED) is 0.0114. The molecule has 0 aliphatic carbocycles. The van der Waals surface area contributed by atoms with Crippen LogP contribution in [0.2, 0.25) is 0 Å². The molecule has 4 heterocycles. The molecule has 502 valence electrons. The molecule has 0 aromatic heterocycles. The van der Waals surface area contributed by atoms with Crippen molar-refractivity contribution in [2.75, 3.05) is 46.5 Å². The van der Waals surface area contributed by atoms with Crippen molar-refractivity contribution in [3.8, 4) is 46.0 Å². The van der Waals surface area contributed by atoms with Crippen LogP contribution >= 0.6 is 12.0 Å². The van der Waals surface area contributed by atoms with Crippen molar-refractivity contribution in [2.45, 2.75) is 37.5 Å². The molecule has 8 aromatic carbocycles. The smallest absolute Gasteiger partial charge is 0.411 e. The second-order valence-electron chi connectivity index (χ2n) is 22.2. The maximum atomic E-state index is 15.6. The summed E-state index contributed by atoms with van der Waals surface area (Å²) in [5.41, 5.74) is -7.99. The van der Waals surface area contributed by atoms with Gasteiger partial charge in [-0.1, -0.05) is 23.2 Å². The van der Waals surface area contributed by atoms with Gasteiger partial charge >= 0.3 is 12.4 Å². The fourth-order valence-electron chi connectivity index (χ4n) is 11.5. The molecule has 2 N–H and O–H groups in total. The minimum absolute atomic E-state index is 0.0105. The van der Waals surface area contributed by atoms with Gasteiger partial charge in [-0.15, -0.1) is 4.33 Å². The lowest BCUT2D eigenvalue weighted by Crippen LogP contribution is -2.54. The topological polar surface area (TPSA) is 289 Å². The van der Waals surface area contributed by atoms with Gasteiger partial charge in [0.05, 0.1) is 80.5 Å². The number of aryl methyl sites for hydroxylation is 1. The molecule has 0 bridgehead atoms. The molecule has 0 spiro atoms. The first-order valence-corrected chi connectivity index (χ1v) is 31.6. The summed E-state index contributed by atoms with van der Waals surface area (Å²) in [6.07, 6.45) is -12.8. The number of carbonyl (C=O) groups is 8. The van der Waals surface area contributed by atoms with Crippen LogP contribution in [0.1, 0.15) is 112 Å². The highest BCUT2D eigenvalue weighted by Crippen LogP contribution is 2.58. The van der Waals surface area contributed by atoms with Crippen LogP contribution in [0.4, 0.5) is 43.4 Å². The van der Waals surface area contributed by atoms with Gasteiger partial charge in [0.2, 0.25) is 5.41 Å².